The van der Waals surface area contributed by atoms with Crippen LogP contribution in [0, 0.1) is 5.92 Å². The van der Waals surface area contributed by atoms with Crippen molar-refractivity contribution in [3.8, 4) is 0 Å². The lowest BCUT2D eigenvalue weighted by Crippen LogP contribution is -2.29. The quantitative estimate of drug-likeness (QED) is 0.795. The van der Waals surface area contributed by atoms with Crippen molar-refractivity contribution in [2.75, 3.05) is 12.3 Å². The second-order valence-electron chi connectivity index (χ2n) is 5.02. The molecule has 2 rings (SSSR count). The fraction of sp³-hybridized carbons (Fsp3) is 0.462. The molecule has 0 spiro atoms. The maximum atomic E-state index is 12.0. The van der Waals surface area contributed by atoms with Gasteiger partial charge in [0, 0.05) is 34.6 Å². The minimum Gasteiger partial charge on any atom is -0.336 e. The molecule has 20 heavy (non-hydrogen) atoms. The van der Waals surface area contributed by atoms with Gasteiger partial charge in [-0.1, -0.05) is 29.8 Å². The molecule has 2 atom stereocenters. The molecule has 1 aliphatic rings. The van der Waals surface area contributed by atoms with Crippen molar-refractivity contribution in [3.63, 3.8) is 0 Å². The number of carbonyl (C=O) groups is 1. The number of likely N-dealkylation sites (tertiary alicyclic amines) is 1. The molecule has 1 heterocycles. The smallest absolute Gasteiger partial charge is 0.232 e. The Labute approximate surface area is 128 Å². The SMILES string of the molecule is CC(c1ccccc1Cl)N1CC(CS(=O)(=O)Cl)CC1=O. The van der Waals surface area contributed by atoms with Crippen molar-refractivity contribution < 1.29 is 13.2 Å². The first-order valence-corrected chi connectivity index (χ1v) is 9.10. The normalized spacial score (nSPS) is 21.2. The molecule has 1 aliphatic heterocycles. The molecule has 2 unspecified atom stereocenters. The van der Waals surface area contributed by atoms with Gasteiger partial charge in [-0.15, -0.1) is 0 Å². The monoisotopic (exact) mass is 335 g/mol. The molecular formula is C13H15Cl2NO3S. The first-order chi connectivity index (χ1) is 9.28. The van der Waals surface area contributed by atoms with E-state index in [-0.39, 0.29) is 30.0 Å². The summed E-state index contributed by atoms with van der Waals surface area (Å²) in [5, 5.41) is 0.598. The summed E-state index contributed by atoms with van der Waals surface area (Å²) in [6, 6.07) is 7.14. The van der Waals surface area contributed by atoms with Crippen molar-refractivity contribution in [1.82, 2.24) is 4.90 Å². The van der Waals surface area contributed by atoms with Crippen molar-refractivity contribution >= 4 is 37.2 Å². The molecule has 1 amide bonds. The Balaban J connectivity index is 2.14. The Bertz CT molecular complexity index is 618. The Morgan fingerprint density at radius 1 is 1.40 bits per heavy atom. The zero-order valence-electron chi connectivity index (χ0n) is 10.9. The average molecular weight is 336 g/mol. The van der Waals surface area contributed by atoms with Gasteiger partial charge in [0.2, 0.25) is 15.0 Å². The number of hydrogen-bond acceptors (Lipinski definition) is 3. The van der Waals surface area contributed by atoms with E-state index in [9.17, 15) is 13.2 Å². The highest BCUT2D eigenvalue weighted by Gasteiger charge is 2.35. The largest absolute Gasteiger partial charge is 0.336 e. The van der Waals surface area contributed by atoms with E-state index in [1.165, 1.54) is 0 Å². The molecule has 0 bridgehead atoms. The molecule has 0 aliphatic carbocycles. The molecule has 0 N–H and O–H groups in total. The number of amides is 1. The summed E-state index contributed by atoms with van der Waals surface area (Å²) in [6.45, 7) is 2.27. The van der Waals surface area contributed by atoms with Crippen LogP contribution < -0.4 is 0 Å². The maximum Gasteiger partial charge on any atom is 0.232 e. The average Bonchev–Trinajstić information content (AvgIpc) is 2.67. The molecule has 110 valence electrons. The summed E-state index contributed by atoms with van der Waals surface area (Å²) in [7, 11) is 1.67. The summed E-state index contributed by atoms with van der Waals surface area (Å²) < 4.78 is 22.2. The van der Waals surface area contributed by atoms with Crippen LogP contribution in [-0.4, -0.2) is 31.5 Å². The molecule has 0 radical (unpaired) electrons. The summed E-state index contributed by atoms with van der Waals surface area (Å²) in [5.41, 5.74) is 0.858. The van der Waals surface area contributed by atoms with Gasteiger partial charge in [0.15, 0.2) is 0 Å². The molecule has 1 saturated heterocycles. The van der Waals surface area contributed by atoms with Gasteiger partial charge in [0.25, 0.3) is 0 Å². The molecule has 4 nitrogen and oxygen atoms in total. The Hall–Kier alpha value is -0.780. The van der Waals surface area contributed by atoms with E-state index >= 15 is 0 Å². The number of benzene rings is 1. The minimum absolute atomic E-state index is 0.0669. The van der Waals surface area contributed by atoms with Crippen LogP contribution in [0.15, 0.2) is 24.3 Å². The van der Waals surface area contributed by atoms with Gasteiger partial charge in [-0.25, -0.2) is 8.42 Å². The highest BCUT2D eigenvalue weighted by atomic mass is 35.7. The Morgan fingerprint density at radius 2 is 2.05 bits per heavy atom. The lowest BCUT2D eigenvalue weighted by atomic mass is 10.1. The highest BCUT2D eigenvalue weighted by molar-refractivity contribution is 8.13. The molecule has 7 heteroatoms. The number of rotatable bonds is 4. The van der Waals surface area contributed by atoms with E-state index in [1.54, 1.807) is 11.0 Å². The van der Waals surface area contributed by atoms with Crippen LogP contribution in [0.5, 0.6) is 0 Å². The number of halogens is 2. The van der Waals surface area contributed by atoms with Gasteiger partial charge < -0.3 is 4.90 Å². The van der Waals surface area contributed by atoms with Gasteiger partial charge >= 0.3 is 0 Å². The van der Waals surface area contributed by atoms with Gasteiger partial charge in [-0.3, -0.25) is 4.79 Å². The summed E-state index contributed by atoms with van der Waals surface area (Å²) >= 11 is 6.13. The third-order valence-corrected chi connectivity index (χ3v) is 5.09. The lowest BCUT2D eigenvalue weighted by Gasteiger charge is -2.26. The van der Waals surface area contributed by atoms with Crippen molar-refractivity contribution in [1.29, 1.82) is 0 Å². The van der Waals surface area contributed by atoms with Crippen LogP contribution in [0.25, 0.3) is 0 Å². The van der Waals surface area contributed by atoms with Crippen LogP contribution in [-0.2, 0) is 13.8 Å². The molecule has 0 saturated carbocycles. The molecule has 1 aromatic rings. The van der Waals surface area contributed by atoms with Crippen LogP contribution in [0.2, 0.25) is 5.02 Å². The van der Waals surface area contributed by atoms with Crippen LogP contribution >= 0.6 is 22.3 Å². The maximum absolute atomic E-state index is 12.0. The zero-order valence-corrected chi connectivity index (χ0v) is 13.2. The topological polar surface area (TPSA) is 54.5 Å². The minimum atomic E-state index is -3.59. The van der Waals surface area contributed by atoms with Crippen LogP contribution in [0.1, 0.15) is 24.9 Å². The van der Waals surface area contributed by atoms with Gasteiger partial charge in [0.05, 0.1) is 11.8 Å². The Morgan fingerprint density at radius 3 is 2.65 bits per heavy atom. The predicted molar refractivity (Wildman–Crippen MR) is 79.3 cm³/mol. The van der Waals surface area contributed by atoms with Crippen molar-refractivity contribution in [2.45, 2.75) is 19.4 Å². The van der Waals surface area contributed by atoms with E-state index in [0.717, 1.165) is 5.56 Å². The first kappa shape index (κ1) is 15.6. The summed E-state index contributed by atoms with van der Waals surface area (Å²) in [5.74, 6) is -0.496. The number of nitrogens with zero attached hydrogens (tertiary/aromatic N) is 1. The van der Waals surface area contributed by atoms with Crippen molar-refractivity contribution in [3.05, 3.63) is 34.9 Å². The summed E-state index contributed by atoms with van der Waals surface area (Å²) in [4.78, 5) is 13.7. The van der Waals surface area contributed by atoms with Crippen LogP contribution in [0.4, 0.5) is 0 Å². The molecular weight excluding hydrogens is 321 g/mol. The predicted octanol–water partition coefficient (Wildman–Crippen LogP) is 2.82. The van der Waals surface area contributed by atoms with E-state index in [4.69, 9.17) is 22.3 Å². The summed E-state index contributed by atoms with van der Waals surface area (Å²) in [6.07, 6.45) is 0.209. The van der Waals surface area contributed by atoms with E-state index < -0.39 is 9.05 Å². The fourth-order valence-electron chi connectivity index (χ4n) is 2.56. The number of carbonyl (C=O) groups excluding carboxylic acids is 1. The zero-order chi connectivity index (χ0) is 14.9. The fourth-order valence-corrected chi connectivity index (χ4v) is 4.17. The van der Waals surface area contributed by atoms with Gasteiger partial charge in [0.1, 0.15) is 0 Å². The van der Waals surface area contributed by atoms with Crippen molar-refractivity contribution in [2.24, 2.45) is 5.92 Å². The second-order valence-corrected chi connectivity index (χ2v) is 8.25. The van der Waals surface area contributed by atoms with E-state index in [1.807, 2.05) is 25.1 Å². The van der Waals surface area contributed by atoms with E-state index in [2.05, 4.69) is 0 Å². The second kappa shape index (κ2) is 5.92. The molecule has 0 aromatic heterocycles. The van der Waals surface area contributed by atoms with E-state index in [0.29, 0.717) is 11.6 Å². The third kappa shape index (κ3) is 3.65. The molecule has 1 aromatic carbocycles. The number of hydrogen-bond donors (Lipinski definition) is 0. The van der Waals surface area contributed by atoms with Gasteiger partial charge in [-0.05, 0) is 18.6 Å². The standard InChI is InChI=1S/C13H15Cl2NO3S/c1-9(11-4-2-3-5-12(11)14)16-7-10(6-13(16)17)8-20(15,18)19/h2-5,9-10H,6-8H2,1H3. The van der Waals surface area contributed by atoms with Gasteiger partial charge in [-0.2, -0.15) is 0 Å². The lowest BCUT2D eigenvalue weighted by molar-refractivity contribution is -0.129. The molecule has 1 fully saturated rings. The third-order valence-electron chi connectivity index (χ3n) is 3.50. The van der Waals surface area contributed by atoms with Crippen LogP contribution in [0.3, 0.4) is 0 Å². The highest BCUT2D eigenvalue weighted by Crippen LogP contribution is 2.32. The first-order valence-electron chi connectivity index (χ1n) is 6.24. The Kier molecular flexibility index (Phi) is 4.62.